The molecule has 0 saturated heterocycles. The summed E-state index contributed by atoms with van der Waals surface area (Å²) in [6.07, 6.45) is 1.45. The standard InChI is InChI=1S/C17H12FN3O4S2/c1-8(22)20-17(26)21-9-2-3-12(10(18)6-9)25-13-4-5-19-11-7-14(16(23)24)27-15(11)13/h2-7H,1H3,(H,23,24)(H2,20,21,22,26). The van der Waals surface area contributed by atoms with Crippen LogP contribution < -0.4 is 15.4 Å². The number of ether oxygens (including phenoxy) is 1. The minimum Gasteiger partial charge on any atom is -0.477 e. The van der Waals surface area contributed by atoms with Crippen LogP contribution in [0, 0.1) is 5.82 Å². The SMILES string of the molecule is CC(=O)NC(=S)Nc1ccc(Oc2ccnc3cc(C(=O)O)sc23)c(F)c1. The zero-order valence-electron chi connectivity index (χ0n) is 13.8. The van der Waals surface area contributed by atoms with Crippen LogP contribution in [0.3, 0.4) is 0 Å². The number of hydrogen-bond donors (Lipinski definition) is 3. The quantitative estimate of drug-likeness (QED) is 0.568. The molecule has 3 N–H and O–H groups in total. The Labute approximate surface area is 161 Å². The predicted molar refractivity (Wildman–Crippen MR) is 103 cm³/mol. The van der Waals surface area contributed by atoms with Gasteiger partial charge in [0.25, 0.3) is 0 Å². The summed E-state index contributed by atoms with van der Waals surface area (Å²) in [6.45, 7) is 1.31. The van der Waals surface area contributed by atoms with E-state index < -0.39 is 11.8 Å². The summed E-state index contributed by atoms with van der Waals surface area (Å²) in [5.74, 6) is -1.83. The monoisotopic (exact) mass is 405 g/mol. The van der Waals surface area contributed by atoms with Crippen molar-refractivity contribution in [2.45, 2.75) is 6.92 Å². The Balaban J connectivity index is 1.84. The van der Waals surface area contributed by atoms with Gasteiger partial charge in [0, 0.05) is 30.9 Å². The van der Waals surface area contributed by atoms with E-state index in [1.54, 1.807) is 0 Å². The lowest BCUT2D eigenvalue weighted by atomic mass is 10.3. The van der Waals surface area contributed by atoms with Crippen LogP contribution in [-0.2, 0) is 4.79 Å². The third-order valence-corrected chi connectivity index (χ3v) is 4.62. The van der Waals surface area contributed by atoms with Crippen LogP contribution in [0.25, 0.3) is 10.2 Å². The number of nitrogens with one attached hydrogen (secondary N) is 2. The Morgan fingerprint density at radius 3 is 2.70 bits per heavy atom. The van der Waals surface area contributed by atoms with E-state index in [0.717, 1.165) is 11.3 Å². The topological polar surface area (TPSA) is 101 Å². The third-order valence-electron chi connectivity index (χ3n) is 3.29. The molecule has 1 amide bonds. The number of carboxylic acid groups (broad SMARTS) is 1. The summed E-state index contributed by atoms with van der Waals surface area (Å²) in [4.78, 5) is 26.3. The molecule has 3 aromatic rings. The van der Waals surface area contributed by atoms with E-state index in [1.165, 1.54) is 43.5 Å². The number of hydrogen-bond acceptors (Lipinski definition) is 6. The van der Waals surface area contributed by atoms with Crippen molar-refractivity contribution < 1.29 is 23.8 Å². The van der Waals surface area contributed by atoms with Crippen LogP contribution in [0.2, 0.25) is 0 Å². The highest BCUT2D eigenvalue weighted by Crippen LogP contribution is 2.36. The fourth-order valence-electron chi connectivity index (χ4n) is 2.20. The molecule has 0 aliphatic carbocycles. The van der Waals surface area contributed by atoms with Crippen LogP contribution >= 0.6 is 23.6 Å². The maximum atomic E-state index is 14.4. The molecule has 0 saturated carbocycles. The lowest BCUT2D eigenvalue weighted by molar-refractivity contribution is -0.117. The van der Waals surface area contributed by atoms with E-state index in [1.807, 2.05) is 0 Å². The first-order valence-electron chi connectivity index (χ1n) is 7.51. The van der Waals surface area contributed by atoms with Gasteiger partial charge in [-0.2, -0.15) is 0 Å². The highest BCUT2D eigenvalue weighted by Gasteiger charge is 2.15. The summed E-state index contributed by atoms with van der Waals surface area (Å²) in [5.41, 5.74) is 0.789. The number of nitrogens with zero attached hydrogens (tertiary/aromatic N) is 1. The minimum atomic E-state index is -1.07. The highest BCUT2D eigenvalue weighted by molar-refractivity contribution is 7.80. The number of anilines is 1. The Bertz CT molecular complexity index is 1070. The molecule has 0 unspecified atom stereocenters. The molecular weight excluding hydrogens is 393 g/mol. The van der Waals surface area contributed by atoms with Crippen LogP contribution in [-0.4, -0.2) is 27.1 Å². The van der Waals surface area contributed by atoms with E-state index in [0.29, 0.717) is 21.7 Å². The normalized spacial score (nSPS) is 10.4. The number of aromatic nitrogens is 1. The van der Waals surface area contributed by atoms with Gasteiger partial charge in [-0.15, -0.1) is 11.3 Å². The van der Waals surface area contributed by atoms with Gasteiger partial charge in [0.1, 0.15) is 10.6 Å². The van der Waals surface area contributed by atoms with Crippen molar-refractivity contribution in [2.24, 2.45) is 0 Å². The lowest BCUT2D eigenvalue weighted by Gasteiger charge is -2.11. The first kappa shape index (κ1) is 18.7. The molecule has 7 nitrogen and oxygen atoms in total. The Hall–Kier alpha value is -3.11. The molecule has 0 radical (unpaired) electrons. The van der Waals surface area contributed by atoms with Gasteiger partial charge in [-0.3, -0.25) is 9.78 Å². The fourth-order valence-corrected chi connectivity index (χ4v) is 3.37. The smallest absolute Gasteiger partial charge is 0.345 e. The number of aromatic carboxylic acids is 1. The predicted octanol–water partition coefficient (Wildman–Crippen LogP) is 3.76. The fraction of sp³-hybridized carbons (Fsp3) is 0.0588. The number of carbonyl (C=O) groups is 2. The highest BCUT2D eigenvalue weighted by atomic mass is 32.1. The molecule has 2 aromatic heterocycles. The first-order valence-corrected chi connectivity index (χ1v) is 8.74. The van der Waals surface area contributed by atoms with Crippen molar-refractivity contribution >= 4 is 56.4 Å². The van der Waals surface area contributed by atoms with E-state index >= 15 is 0 Å². The number of amides is 1. The van der Waals surface area contributed by atoms with E-state index in [9.17, 15) is 14.0 Å². The Morgan fingerprint density at radius 2 is 2.04 bits per heavy atom. The van der Waals surface area contributed by atoms with Crippen molar-refractivity contribution in [3.8, 4) is 11.5 Å². The number of fused-ring (bicyclic) bond motifs is 1. The summed E-state index contributed by atoms with van der Waals surface area (Å²) < 4.78 is 20.5. The number of thiocarbonyl (C=S) groups is 1. The van der Waals surface area contributed by atoms with Gasteiger partial charge >= 0.3 is 5.97 Å². The second-order valence-corrected chi connectivity index (χ2v) is 6.78. The number of thiophene rings is 1. The molecule has 0 spiro atoms. The number of rotatable bonds is 4. The Kier molecular flexibility index (Phi) is 5.28. The van der Waals surface area contributed by atoms with E-state index in [2.05, 4.69) is 15.6 Å². The summed E-state index contributed by atoms with van der Waals surface area (Å²) in [5, 5.41) is 14.2. The number of halogens is 1. The van der Waals surface area contributed by atoms with Crippen LogP contribution in [0.4, 0.5) is 10.1 Å². The van der Waals surface area contributed by atoms with Gasteiger partial charge in [0.05, 0.1) is 10.2 Å². The van der Waals surface area contributed by atoms with Gasteiger partial charge in [-0.05, 0) is 30.4 Å². The van der Waals surface area contributed by atoms with Crippen LogP contribution in [0.15, 0.2) is 36.5 Å². The average molecular weight is 405 g/mol. The molecule has 2 heterocycles. The van der Waals surface area contributed by atoms with Gasteiger partial charge < -0.3 is 20.5 Å². The van der Waals surface area contributed by atoms with Gasteiger partial charge in [-0.1, -0.05) is 0 Å². The Morgan fingerprint density at radius 1 is 1.26 bits per heavy atom. The van der Waals surface area contributed by atoms with Gasteiger partial charge in [-0.25, -0.2) is 9.18 Å². The number of carbonyl (C=O) groups excluding carboxylic acids is 1. The number of carboxylic acids is 1. The van der Waals surface area contributed by atoms with E-state index in [-0.39, 0.29) is 21.6 Å². The first-order chi connectivity index (χ1) is 12.8. The van der Waals surface area contributed by atoms with Gasteiger partial charge in [0.15, 0.2) is 16.7 Å². The van der Waals surface area contributed by atoms with Gasteiger partial charge in [0.2, 0.25) is 5.91 Å². The molecule has 10 heteroatoms. The molecule has 0 atom stereocenters. The maximum Gasteiger partial charge on any atom is 0.345 e. The van der Waals surface area contributed by atoms with Crippen LogP contribution in [0.5, 0.6) is 11.5 Å². The molecule has 0 aliphatic heterocycles. The van der Waals surface area contributed by atoms with Crippen LogP contribution in [0.1, 0.15) is 16.6 Å². The molecule has 1 aromatic carbocycles. The molecule has 138 valence electrons. The molecule has 3 rings (SSSR count). The van der Waals surface area contributed by atoms with Crippen molar-refractivity contribution in [1.82, 2.24) is 10.3 Å². The van der Waals surface area contributed by atoms with E-state index in [4.69, 9.17) is 22.1 Å². The number of benzene rings is 1. The summed E-state index contributed by atoms with van der Waals surface area (Å²) >= 11 is 5.91. The van der Waals surface area contributed by atoms with Crippen molar-refractivity contribution in [3.05, 3.63) is 47.2 Å². The van der Waals surface area contributed by atoms with Crippen molar-refractivity contribution in [1.29, 1.82) is 0 Å². The zero-order valence-corrected chi connectivity index (χ0v) is 15.4. The second kappa shape index (κ2) is 7.64. The van der Waals surface area contributed by atoms with Crippen molar-refractivity contribution in [2.75, 3.05) is 5.32 Å². The summed E-state index contributed by atoms with van der Waals surface area (Å²) in [6, 6.07) is 7.05. The lowest BCUT2D eigenvalue weighted by Crippen LogP contribution is -2.32. The average Bonchev–Trinajstić information content (AvgIpc) is 3.02. The summed E-state index contributed by atoms with van der Waals surface area (Å²) in [7, 11) is 0. The zero-order chi connectivity index (χ0) is 19.6. The number of pyridine rings is 1. The largest absolute Gasteiger partial charge is 0.477 e. The minimum absolute atomic E-state index is 0.0474. The molecule has 0 bridgehead atoms. The second-order valence-electron chi connectivity index (χ2n) is 5.32. The third kappa shape index (κ3) is 4.36. The van der Waals surface area contributed by atoms with Crippen molar-refractivity contribution in [3.63, 3.8) is 0 Å². The molecule has 27 heavy (non-hydrogen) atoms. The molecule has 0 aliphatic rings. The maximum absolute atomic E-state index is 14.4. The molecule has 0 fully saturated rings. The molecular formula is C17H12FN3O4S2.